The summed E-state index contributed by atoms with van der Waals surface area (Å²) in [5.74, 6) is 0.351. The first-order valence-corrected chi connectivity index (χ1v) is 11.9. The van der Waals surface area contributed by atoms with Gasteiger partial charge in [-0.25, -0.2) is 4.79 Å². The van der Waals surface area contributed by atoms with Crippen LogP contribution in [0.5, 0.6) is 11.5 Å². The van der Waals surface area contributed by atoms with Crippen molar-refractivity contribution >= 4 is 46.3 Å². The van der Waals surface area contributed by atoms with Crippen LogP contribution in [0.2, 0.25) is 0 Å². The van der Waals surface area contributed by atoms with Crippen molar-refractivity contribution in [3.05, 3.63) is 64.6 Å². The van der Waals surface area contributed by atoms with Crippen LogP contribution >= 0.6 is 24.0 Å². The Hall–Kier alpha value is -2.84. The summed E-state index contributed by atoms with van der Waals surface area (Å²) in [6.07, 6.45) is 2.42. The zero-order valence-electron chi connectivity index (χ0n) is 19.1. The molecular weight excluding hydrogens is 458 g/mol. The quantitative estimate of drug-likeness (QED) is 0.268. The summed E-state index contributed by atoms with van der Waals surface area (Å²) in [5.41, 5.74) is 1.40. The summed E-state index contributed by atoms with van der Waals surface area (Å²) in [6.45, 7) is 6.07. The van der Waals surface area contributed by atoms with Crippen LogP contribution < -0.4 is 9.47 Å². The summed E-state index contributed by atoms with van der Waals surface area (Å²) in [5, 5.41) is 0. The van der Waals surface area contributed by atoms with Crippen LogP contribution in [0, 0.1) is 0 Å². The standard InChI is InChI=1S/C25H27NO5S2/c1-5-13-30-24(28)22(18-9-7-6-8-10-18)26-23(27)21(33-25(26)32)15-17-11-12-19(31-16(2)3)20(14-17)29-4/h6-12,14-16,22H,5,13H2,1-4H3/b21-15-. The van der Waals surface area contributed by atoms with E-state index < -0.39 is 12.0 Å². The highest BCUT2D eigenvalue weighted by molar-refractivity contribution is 8.26. The zero-order chi connectivity index (χ0) is 24.0. The topological polar surface area (TPSA) is 65.1 Å². The van der Waals surface area contributed by atoms with Gasteiger partial charge in [0.15, 0.2) is 17.5 Å². The number of hydrogen-bond acceptors (Lipinski definition) is 7. The van der Waals surface area contributed by atoms with E-state index >= 15 is 0 Å². The van der Waals surface area contributed by atoms with Crippen molar-refractivity contribution in [2.24, 2.45) is 0 Å². The molecule has 0 spiro atoms. The SMILES string of the molecule is CCCOC(=O)C(c1ccccc1)N1C(=O)/C(=C/c2ccc(OC(C)C)c(OC)c2)SC1=S. The number of nitrogens with zero attached hydrogens (tertiary/aromatic N) is 1. The van der Waals surface area contributed by atoms with E-state index in [2.05, 4.69) is 0 Å². The van der Waals surface area contributed by atoms with Crippen LogP contribution in [0.4, 0.5) is 0 Å². The maximum absolute atomic E-state index is 13.4. The van der Waals surface area contributed by atoms with Gasteiger partial charge in [-0.1, -0.05) is 67.3 Å². The third-order valence-electron chi connectivity index (χ3n) is 4.72. The number of carbonyl (C=O) groups excluding carboxylic acids is 2. The van der Waals surface area contributed by atoms with Crippen LogP contribution in [0.15, 0.2) is 53.4 Å². The largest absolute Gasteiger partial charge is 0.493 e. The van der Waals surface area contributed by atoms with Gasteiger partial charge in [0.05, 0.1) is 24.7 Å². The van der Waals surface area contributed by atoms with Gasteiger partial charge in [-0.3, -0.25) is 9.69 Å². The Labute approximate surface area is 203 Å². The van der Waals surface area contributed by atoms with Gasteiger partial charge in [-0.2, -0.15) is 0 Å². The second-order valence-corrected chi connectivity index (χ2v) is 9.29. The molecule has 1 aliphatic rings. The van der Waals surface area contributed by atoms with Crippen molar-refractivity contribution < 1.29 is 23.8 Å². The molecule has 174 valence electrons. The minimum atomic E-state index is -0.937. The predicted octanol–water partition coefficient (Wildman–Crippen LogP) is 5.38. The molecule has 0 aliphatic carbocycles. The fourth-order valence-corrected chi connectivity index (χ4v) is 4.60. The Morgan fingerprint density at radius 1 is 1.15 bits per heavy atom. The zero-order valence-corrected chi connectivity index (χ0v) is 20.7. The molecule has 0 aromatic heterocycles. The number of thiocarbonyl (C=S) groups is 1. The summed E-state index contributed by atoms with van der Waals surface area (Å²) < 4.78 is 16.9. The molecule has 1 fully saturated rings. The lowest BCUT2D eigenvalue weighted by Gasteiger charge is -2.25. The molecule has 0 radical (unpaired) electrons. The predicted molar refractivity (Wildman–Crippen MR) is 134 cm³/mol. The van der Waals surface area contributed by atoms with Crippen LogP contribution in [-0.4, -0.2) is 40.9 Å². The van der Waals surface area contributed by atoms with Crippen molar-refractivity contribution in [2.75, 3.05) is 13.7 Å². The van der Waals surface area contributed by atoms with E-state index in [1.165, 1.54) is 4.90 Å². The van der Waals surface area contributed by atoms with Gasteiger partial charge in [0.25, 0.3) is 5.91 Å². The molecule has 0 N–H and O–H groups in total. The molecule has 1 saturated heterocycles. The molecule has 8 heteroatoms. The first-order valence-electron chi connectivity index (χ1n) is 10.7. The molecule has 1 amide bonds. The van der Waals surface area contributed by atoms with E-state index in [1.807, 2.05) is 45.0 Å². The molecule has 33 heavy (non-hydrogen) atoms. The average molecular weight is 486 g/mol. The highest BCUT2D eigenvalue weighted by atomic mass is 32.2. The first-order chi connectivity index (χ1) is 15.8. The first kappa shape index (κ1) is 24.8. The summed E-state index contributed by atoms with van der Waals surface area (Å²) >= 11 is 6.67. The number of benzene rings is 2. The van der Waals surface area contributed by atoms with Gasteiger partial charge in [0.2, 0.25) is 0 Å². The summed E-state index contributed by atoms with van der Waals surface area (Å²) in [6, 6.07) is 13.6. The Kier molecular flexibility index (Phi) is 8.52. The average Bonchev–Trinajstić information content (AvgIpc) is 3.07. The maximum Gasteiger partial charge on any atom is 0.333 e. The Morgan fingerprint density at radius 3 is 2.52 bits per heavy atom. The second kappa shape index (κ2) is 11.3. The fraction of sp³-hybridized carbons (Fsp3) is 0.320. The van der Waals surface area contributed by atoms with Crippen molar-refractivity contribution in [1.82, 2.24) is 4.90 Å². The van der Waals surface area contributed by atoms with Gasteiger partial charge in [-0.15, -0.1) is 0 Å². The van der Waals surface area contributed by atoms with Gasteiger partial charge in [-0.05, 0) is 49.6 Å². The normalized spacial score (nSPS) is 15.8. The molecule has 2 aromatic rings. The van der Waals surface area contributed by atoms with E-state index in [-0.39, 0.29) is 18.6 Å². The highest BCUT2D eigenvalue weighted by Gasteiger charge is 2.42. The molecule has 0 bridgehead atoms. The van der Waals surface area contributed by atoms with Crippen LogP contribution in [0.3, 0.4) is 0 Å². The molecule has 2 aromatic carbocycles. The van der Waals surface area contributed by atoms with E-state index in [0.29, 0.717) is 32.7 Å². The minimum Gasteiger partial charge on any atom is -0.493 e. The Balaban J connectivity index is 1.92. The van der Waals surface area contributed by atoms with Gasteiger partial charge in [0.1, 0.15) is 4.32 Å². The molecule has 1 atom stereocenters. The molecule has 0 saturated carbocycles. The number of esters is 1. The molecule has 1 heterocycles. The number of ether oxygens (including phenoxy) is 3. The summed E-state index contributed by atoms with van der Waals surface area (Å²) in [4.78, 5) is 28.0. The van der Waals surface area contributed by atoms with Gasteiger partial charge >= 0.3 is 5.97 Å². The number of hydrogen-bond donors (Lipinski definition) is 0. The molecule has 1 aliphatic heterocycles. The lowest BCUT2D eigenvalue weighted by atomic mass is 10.1. The fourth-order valence-electron chi connectivity index (χ4n) is 3.29. The number of carbonyl (C=O) groups is 2. The number of amides is 1. The maximum atomic E-state index is 13.4. The van der Waals surface area contributed by atoms with Crippen molar-refractivity contribution in [3.8, 4) is 11.5 Å². The van der Waals surface area contributed by atoms with E-state index in [9.17, 15) is 9.59 Å². The van der Waals surface area contributed by atoms with Crippen molar-refractivity contribution in [1.29, 1.82) is 0 Å². The minimum absolute atomic E-state index is 0.00314. The summed E-state index contributed by atoms with van der Waals surface area (Å²) in [7, 11) is 1.57. The van der Waals surface area contributed by atoms with Gasteiger partial charge < -0.3 is 14.2 Å². The lowest BCUT2D eigenvalue weighted by Crippen LogP contribution is -2.38. The van der Waals surface area contributed by atoms with Crippen LogP contribution in [-0.2, 0) is 14.3 Å². The van der Waals surface area contributed by atoms with E-state index in [4.69, 9.17) is 26.4 Å². The smallest absolute Gasteiger partial charge is 0.333 e. The highest BCUT2D eigenvalue weighted by Crippen LogP contribution is 2.39. The third-order valence-corrected chi connectivity index (χ3v) is 6.05. The van der Waals surface area contributed by atoms with E-state index in [1.54, 1.807) is 37.5 Å². The van der Waals surface area contributed by atoms with Crippen LogP contribution in [0.25, 0.3) is 6.08 Å². The van der Waals surface area contributed by atoms with Crippen molar-refractivity contribution in [2.45, 2.75) is 39.3 Å². The van der Waals surface area contributed by atoms with Gasteiger partial charge in [0, 0.05) is 0 Å². The number of thioether (sulfide) groups is 1. The third kappa shape index (κ3) is 5.94. The second-order valence-electron chi connectivity index (χ2n) is 7.61. The monoisotopic (exact) mass is 485 g/mol. The lowest BCUT2D eigenvalue weighted by molar-refractivity contribution is -0.151. The van der Waals surface area contributed by atoms with Crippen molar-refractivity contribution in [3.63, 3.8) is 0 Å². The Morgan fingerprint density at radius 2 is 1.88 bits per heavy atom. The molecule has 6 nitrogen and oxygen atoms in total. The molecule has 3 rings (SSSR count). The van der Waals surface area contributed by atoms with Crippen LogP contribution in [0.1, 0.15) is 44.4 Å². The molecular formula is C25H27NO5S2. The number of rotatable bonds is 9. The van der Waals surface area contributed by atoms with E-state index in [0.717, 1.165) is 17.3 Å². The molecule has 1 unspecified atom stereocenters. The number of methoxy groups -OCH3 is 1. The Bertz CT molecular complexity index is 1050.